The Morgan fingerprint density at radius 2 is 2.16 bits per heavy atom. The number of methoxy groups -OCH3 is 1. The molecule has 1 aromatic carbocycles. The van der Waals surface area contributed by atoms with E-state index in [1.807, 2.05) is 42.2 Å². The number of nitrogens with zero attached hydrogens (tertiary/aromatic N) is 2. The largest absolute Gasteiger partial charge is 0.497 e. The second-order valence-corrected chi connectivity index (χ2v) is 6.30. The Kier molecular flexibility index (Phi) is 5.71. The zero-order valence-electron chi connectivity index (χ0n) is 14.8. The van der Waals surface area contributed by atoms with Crippen molar-refractivity contribution in [2.75, 3.05) is 33.4 Å². The van der Waals surface area contributed by atoms with Crippen molar-refractivity contribution in [2.45, 2.75) is 19.8 Å². The lowest BCUT2D eigenvalue weighted by Crippen LogP contribution is -2.37. The minimum atomic E-state index is -0.00404. The quantitative estimate of drug-likeness (QED) is 0.875. The number of benzene rings is 1. The monoisotopic (exact) mass is 343 g/mol. The molecule has 0 spiro atoms. The predicted molar refractivity (Wildman–Crippen MR) is 95.7 cm³/mol. The zero-order valence-corrected chi connectivity index (χ0v) is 14.8. The molecular formula is C19H25N3O3. The molecule has 1 amide bonds. The highest BCUT2D eigenvalue weighted by Gasteiger charge is 2.22. The van der Waals surface area contributed by atoms with Gasteiger partial charge in [-0.3, -0.25) is 9.89 Å². The van der Waals surface area contributed by atoms with Crippen LogP contribution in [0.2, 0.25) is 0 Å². The summed E-state index contributed by atoms with van der Waals surface area (Å²) in [6.07, 6.45) is 2.03. The van der Waals surface area contributed by atoms with Crippen molar-refractivity contribution < 1.29 is 14.3 Å². The lowest BCUT2D eigenvalue weighted by molar-refractivity contribution is 0.0464. The van der Waals surface area contributed by atoms with Crippen LogP contribution in [0.1, 0.15) is 30.3 Å². The van der Waals surface area contributed by atoms with Gasteiger partial charge in [0, 0.05) is 31.9 Å². The fourth-order valence-corrected chi connectivity index (χ4v) is 3.13. The van der Waals surface area contributed by atoms with Gasteiger partial charge in [-0.1, -0.05) is 12.1 Å². The Labute approximate surface area is 148 Å². The fraction of sp³-hybridized carbons (Fsp3) is 0.474. The van der Waals surface area contributed by atoms with Gasteiger partial charge in [-0.15, -0.1) is 0 Å². The van der Waals surface area contributed by atoms with Crippen LogP contribution in [-0.2, 0) is 4.74 Å². The van der Waals surface area contributed by atoms with Gasteiger partial charge in [0.1, 0.15) is 11.4 Å². The number of nitrogens with one attached hydrogen (secondary N) is 1. The fourth-order valence-electron chi connectivity index (χ4n) is 3.13. The van der Waals surface area contributed by atoms with Gasteiger partial charge in [-0.2, -0.15) is 5.10 Å². The van der Waals surface area contributed by atoms with Gasteiger partial charge in [0.25, 0.3) is 5.91 Å². The number of hydrogen-bond acceptors (Lipinski definition) is 4. The molecule has 25 heavy (non-hydrogen) atoms. The summed E-state index contributed by atoms with van der Waals surface area (Å²) in [5.41, 5.74) is 2.18. The van der Waals surface area contributed by atoms with Gasteiger partial charge in [0.15, 0.2) is 0 Å². The van der Waals surface area contributed by atoms with Crippen molar-refractivity contribution in [1.29, 1.82) is 0 Å². The number of aromatic nitrogens is 2. The smallest absolute Gasteiger partial charge is 0.271 e. The van der Waals surface area contributed by atoms with Crippen LogP contribution in [0.3, 0.4) is 0 Å². The Morgan fingerprint density at radius 1 is 1.36 bits per heavy atom. The molecule has 134 valence electrons. The van der Waals surface area contributed by atoms with Crippen LogP contribution in [0.5, 0.6) is 5.75 Å². The van der Waals surface area contributed by atoms with Crippen molar-refractivity contribution >= 4 is 5.91 Å². The van der Waals surface area contributed by atoms with E-state index in [4.69, 9.17) is 9.47 Å². The van der Waals surface area contributed by atoms with Crippen LogP contribution >= 0.6 is 0 Å². The van der Waals surface area contributed by atoms with Gasteiger partial charge >= 0.3 is 0 Å². The number of rotatable bonds is 6. The first-order valence-corrected chi connectivity index (χ1v) is 8.78. The van der Waals surface area contributed by atoms with Gasteiger partial charge in [-0.05, 0) is 43.9 Å². The average molecular weight is 343 g/mol. The van der Waals surface area contributed by atoms with Gasteiger partial charge in [-0.25, -0.2) is 0 Å². The third-order valence-electron chi connectivity index (χ3n) is 4.66. The SMILES string of the molecule is CCN(CC1CCOCC1)C(=O)c1cc(-c2cccc(OC)c2)n[nH]1. The number of H-pyrrole nitrogens is 1. The van der Waals surface area contributed by atoms with Crippen LogP contribution in [0.15, 0.2) is 30.3 Å². The standard InChI is InChI=1S/C19H25N3O3/c1-3-22(13-14-7-9-25-10-8-14)19(23)18-12-17(20-21-18)15-5-4-6-16(11-15)24-2/h4-6,11-12,14H,3,7-10,13H2,1-2H3,(H,20,21). The Bertz CT molecular complexity index is 707. The van der Waals surface area contributed by atoms with E-state index < -0.39 is 0 Å². The Balaban J connectivity index is 1.72. The van der Waals surface area contributed by atoms with E-state index in [1.165, 1.54) is 0 Å². The Hall–Kier alpha value is -2.34. The van der Waals surface area contributed by atoms with Crippen molar-refractivity contribution in [2.24, 2.45) is 5.92 Å². The highest BCUT2D eigenvalue weighted by Crippen LogP contribution is 2.23. The maximum atomic E-state index is 12.8. The first-order chi connectivity index (χ1) is 12.2. The van der Waals surface area contributed by atoms with E-state index in [0.29, 0.717) is 18.2 Å². The second kappa shape index (κ2) is 8.16. The van der Waals surface area contributed by atoms with Crippen molar-refractivity contribution in [3.63, 3.8) is 0 Å². The molecule has 0 radical (unpaired) electrons. The van der Waals surface area contributed by atoms with Crippen molar-refractivity contribution in [1.82, 2.24) is 15.1 Å². The summed E-state index contributed by atoms with van der Waals surface area (Å²) in [5, 5.41) is 7.19. The van der Waals surface area contributed by atoms with Crippen molar-refractivity contribution in [3.05, 3.63) is 36.0 Å². The maximum Gasteiger partial charge on any atom is 0.271 e. The van der Waals surface area contributed by atoms with Crippen molar-refractivity contribution in [3.8, 4) is 17.0 Å². The number of aromatic amines is 1. The molecule has 6 nitrogen and oxygen atoms in total. The van der Waals surface area contributed by atoms with Gasteiger partial charge < -0.3 is 14.4 Å². The van der Waals surface area contributed by atoms with E-state index in [-0.39, 0.29) is 5.91 Å². The molecule has 0 saturated carbocycles. The van der Waals surface area contributed by atoms with E-state index in [1.54, 1.807) is 7.11 Å². The summed E-state index contributed by atoms with van der Waals surface area (Å²) in [6.45, 7) is 5.05. The molecule has 0 aliphatic carbocycles. The van der Waals surface area contributed by atoms with Gasteiger partial charge in [0.05, 0.1) is 12.8 Å². The van der Waals surface area contributed by atoms with E-state index in [0.717, 1.165) is 49.6 Å². The summed E-state index contributed by atoms with van der Waals surface area (Å²) < 4.78 is 10.6. The first-order valence-electron chi connectivity index (χ1n) is 8.78. The summed E-state index contributed by atoms with van der Waals surface area (Å²) in [7, 11) is 1.63. The minimum Gasteiger partial charge on any atom is -0.497 e. The minimum absolute atomic E-state index is 0.00404. The molecule has 1 aliphatic heterocycles. The molecule has 2 heterocycles. The van der Waals surface area contributed by atoms with Crippen LogP contribution in [-0.4, -0.2) is 54.4 Å². The highest BCUT2D eigenvalue weighted by atomic mass is 16.5. The molecular weight excluding hydrogens is 318 g/mol. The normalized spacial score (nSPS) is 15.1. The molecule has 6 heteroatoms. The first kappa shape index (κ1) is 17.5. The predicted octanol–water partition coefficient (Wildman–Crippen LogP) is 2.97. The van der Waals surface area contributed by atoms with E-state index in [2.05, 4.69) is 10.2 Å². The molecule has 1 N–H and O–H groups in total. The summed E-state index contributed by atoms with van der Waals surface area (Å²) in [5.74, 6) is 1.28. The lowest BCUT2D eigenvalue weighted by atomic mass is 9.99. The zero-order chi connectivity index (χ0) is 17.6. The average Bonchev–Trinajstić information content (AvgIpc) is 3.16. The highest BCUT2D eigenvalue weighted by molar-refractivity contribution is 5.93. The molecule has 2 aromatic rings. The molecule has 0 atom stereocenters. The Morgan fingerprint density at radius 3 is 2.88 bits per heavy atom. The third-order valence-corrected chi connectivity index (χ3v) is 4.66. The summed E-state index contributed by atoms with van der Waals surface area (Å²) >= 11 is 0. The molecule has 1 fully saturated rings. The molecule has 1 saturated heterocycles. The van der Waals surface area contributed by atoms with Gasteiger partial charge in [0.2, 0.25) is 0 Å². The number of ether oxygens (including phenoxy) is 2. The lowest BCUT2D eigenvalue weighted by Gasteiger charge is -2.28. The number of carbonyl (C=O) groups is 1. The number of hydrogen-bond donors (Lipinski definition) is 1. The van der Waals surface area contributed by atoms with Crippen LogP contribution in [0.4, 0.5) is 0 Å². The third kappa shape index (κ3) is 4.20. The van der Waals surface area contributed by atoms with E-state index >= 15 is 0 Å². The van der Waals surface area contributed by atoms with Crippen LogP contribution in [0, 0.1) is 5.92 Å². The summed E-state index contributed by atoms with van der Waals surface area (Å²) in [6, 6.07) is 9.46. The summed E-state index contributed by atoms with van der Waals surface area (Å²) in [4.78, 5) is 14.7. The molecule has 3 rings (SSSR count). The molecule has 0 unspecified atom stereocenters. The molecule has 1 aromatic heterocycles. The molecule has 0 bridgehead atoms. The molecule has 1 aliphatic rings. The second-order valence-electron chi connectivity index (χ2n) is 6.30. The van der Waals surface area contributed by atoms with Crippen LogP contribution < -0.4 is 4.74 Å². The number of amides is 1. The topological polar surface area (TPSA) is 67.4 Å². The maximum absolute atomic E-state index is 12.8. The van der Waals surface area contributed by atoms with E-state index in [9.17, 15) is 4.79 Å². The number of carbonyl (C=O) groups excluding carboxylic acids is 1. The van der Waals surface area contributed by atoms with Crippen LogP contribution in [0.25, 0.3) is 11.3 Å².